The zero-order chi connectivity index (χ0) is 19.5. The number of benzene rings is 2. The number of para-hydroxylation sites is 1. The Morgan fingerprint density at radius 1 is 1.18 bits per heavy atom. The molecule has 3 aromatic rings. The van der Waals surface area contributed by atoms with Crippen LogP contribution in [0.15, 0.2) is 48.5 Å². The summed E-state index contributed by atoms with van der Waals surface area (Å²) in [6.07, 6.45) is 4.40. The number of halogens is 1. The summed E-state index contributed by atoms with van der Waals surface area (Å²) >= 11 is 0. The van der Waals surface area contributed by atoms with Gasteiger partial charge in [0.2, 0.25) is 0 Å². The van der Waals surface area contributed by atoms with Gasteiger partial charge in [-0.3, -0.25) is 0 Å². The molecular formula is C23H17FN2O2. The van der Waals surface area contributed by atoms with Crippen molar-refractivity contribution in [3.63, 3.8) is 0 Å². The molecule has 0 N–H and O–H groups in total. The molecule has 4 rings (SSSR count). The predicted octanol–water partition coefficient (Wildman–Crippen LogP) is 4.93. The molecule has 1 aliphatic rings. The fourth-order valence-corrected chi connectivity index (χ4v) is 3.64. The normalized spacial score (nSPS) is 14.5. The zero-order valence-electron chi connectivity index (χ0n) is 15.1. The van der Waals surface area contributed by atoms with E-state index < -0.39 is 5.97 Å². The molecule has 0 aliphatic heterocycles. The first-order valence-electron chi connectivity index (χ1n) is 9.09. The van der Waals surface area contributed by atoms with Crippen LogP contribution in [-0.4, -0.2) is 17.6 Å². The van der Waals surface area contributed by atoms with E-state index in [1.807, 2.05) is 36.4 Å². The average Bonchev–Trinajstić information content (AvgIpc) is 2.72. The number of hydrogen-bond donors (Lipinski definition) is 0. The van der Waals surface area contributed by atoms with Gasteiger partial charge in [-0.05, 0) is 60.2 Å². The Morgan fingerprint density at radius 3 is 2.75 bits per heavy atom. The first-order chi connectivity index (χ1) is 13.7. The van der Waals surface area contributed by atoms with Crippen LogP contribution in [-0.2, 0) is 11.2 Å². The Kier molecular flexibility index (Phi) is 4.86. The summed E-state index contributed by atoms with van der Waals surface area (Å²) in [5, 5.41) is 9.49. The standard InChI is InChI=1S/C23H17FN2O2/c24-17-10-8-15(9-11-17)14-16-4-3-6-19-21(23(27)28-13-12-25)18-5-1-2-7-20(18)26-22(16)19/h1-2,5,7-11,14H,3-4,6,13H2/b16-14+. The summed E-state index contributed by atoms with van der Waals surface area (Å²) < 4.78 is 18.3. The monoisotopic (exact) mass is 372 g/mol. The minimum atomic E-state index is -0.501. The number of fused-ring (bicyclic) bond motifs is 2. The van der Waals surface area contributed by atoms with Crippen molar-refractivity contribution in [2.24, 2.45) is 0 Å². The van der Waals surface area contributed by atoms with Gasteiger partial charge in [-0.1, -0.05) is 30.3 Å². The van der Waals surface area contributed by atoms with Crippen molar-refractivity contribution >= 4 is 28.5 Å². The molecule has 1 aromatic heterocycles. The molecule has 0 spiro atoms. The minimum Gasteiger partial charge on any atom is -0.447 e. The summed E-state index contributed by atoms with van der Waals surface area (Å²) in [6, 6.07) is 15.6. The maximum atomic E-state index is 13.2. The predicted molar refractivity (Wildman–Crippen MR) is 105 cm³/mol. The fraction of sp³-hybridized carbons (Fsp3) is 0.174. The molecule has 0 fully saturated rings. The molecule has 4 nitrogen and oxygen atoms in total. The number of nitriles is 1. The number of esters is 1. The molecule has 0 unspecified atom stereocenters. The lowest BCUT2D eigenvalue weighted by molar-refractivity contribution is 0.0556. The number of ether oxygens (including phenoxy) is 1. The van der Waals surface area contributed by atoms with Crippen LogP contribution in [0.2, 0.25) is 0 Å². The van der Waals surface area contributed by atoms with E-state index in [1.165, 1.54) is 12.1 Å². The van der Waals surface area contributed by atoms with Gasteiger partial charge in [-0.2, -0.15) is 5.26 Å². The number of rotatable bonds is 3. The Hall–Kier alpha value is -3.52. The molecule has 138 valence electrons. The maximum Gasteiger partial charge on any atom is 0.340 e. The van der Waals surface area contributed by atoms with Crippen molar-refractivity contribution in [1.29, 1.82) is 5.26 Å². The lowest BCUT2D eigenvalue weighted by Gasteiger charge is -2.22. The third kappa shape index (κ3) is 3.37. The van der Waals surface area contributed by atoms with Crippen molar-refractivity contribution in [3.8, 4) is 6.07 Å². The van der Waals surface area contributed by atoms with Gasteiger partial charge in [0.15, 0.2) is 6.61 Å². The van der Waals surface area contributed by atoms with E-state index in [9.17, 15) is 9.18 Å². The molecule has 0 saturated heterocycles. The third-order valence-corrected chi connectivity index (χ3v) is 4.85. The van der Waals surface area contributed by atoms with Gasteiger partial charge in [0, 0.05) is 5.39 Å². The number of hydrogen-bond acceptors (Lipinski definition) is 4. The molecule has 0 radical (unpaired) electrons. The fourth-order valence-electron chi connectivity index (χ4n) is 3.64. The highest BCUT2D eigenvalue weighted by molar-refractivity contribution is 6.06. The van der Waals surface area contributed by atoms with E-state index in [0.29, 0.717) is 17.5 Å². The van der Waals surface area contributed by atoms with Crippen molar-refractivity contribution in [2.75, 3.05) is 6.61 Å². The molecule has 0 bridgehead atoms. The van der Waals surface area contributed by atoms with Crippen molar-refractivity contribution in [3.05, 3.63) is 76.7 Å². The molecule has 1 heterocycles. The minimum absolute atomic E-state index is 0.280. The molecular weight excluding hydrogens is 355 g/mol. The molecule has 0 atom stereocenters. The van der Waals surface area contributed by atoms with Crippen molar-refractivity contribution in [2.45, 2.75) is 19.3 Å². The van der Waals surface area contributed by atoms with Crippen LogP contribution < -0.4 is 0 Å². The van der Waals surface area contributed by atoms with Crippen LogP contribution in [0.5, 0.6) is 0 Å². The second-order valence-electron chi connectivity index (χ2n) is 6.64. The third-order valence-electron chi connectivity index (χ3n) is 4.85. The number of aromatic nitrogens is 1. The zero-order valence-corrected chi connectivity index (χ0v) is 15.1. The van der Waals surface area contributed by atoms with Crippen LogP contribution in [0.1, 0.15) is 40.0 Å². The molecule has 2 aromatic carbocycles. The van der Waals surface area contributed by atoms with E-state index in [2.05, 4.69) is 0 Å². The van der Waals surface area contributed by atoms with Gasteiger partial charge in [0.1, 0.15) is 11.9 Å². The average molecular weight is 372 g/mol. The van der Waals surface area contributed by atoms with Crippen LogP contribution in [0, 0.1) is 17.1 Å². The summed E-state index contributed by atoms with van der Waals surface area (Å²) in [5.41, 5.74) is 4.71. The van der Waals surface area contributed by atoms with Crippen LogP contribution in [0.25, 0.3) is 22.6 Å². The van der Waals surface area contributed by atoms with Crippen LogP contribution in [0.3, 0.4) is 0 Å². The molecule has 5 heteroatoms. The first kappa shape index (κ1) is 17.9. The smallest absolute Gasteiger partial charge is 0.340 e. The topological polar surface area (TPSA) is 63.0 Å². The number of nitrogens with zero attached hydrogens (tertiary/aromatic N) is 2. The molecule has 0 amide bonds. The number of pyridine rings is 1. The van der Waals surface area contributed by atoms with Gasteiger partial charge in [-0.25, -0.2) is 14.2 Å². The van der Waals surface area contributed by atoms with E-state index in [0.717, 1.165) is 40.6 Å². The summed E-state index contributed by atoms with van der Waals surface area (Å²) in [7, 11) is 0. The van der Waals surface area contributed by atoms with Crippen molar-refractivity contribution < 1.29 is 13.9 Å². The van der Waals surface area contributed by atoms with Gasteiger partial charge < -0.3 is 4.74 Å². The van der Waals surface area contributed by atoms with E-state index in [-0.39, 0.29) is 12.4 Å². The summed E-state index contributed by atoms with van der Waals surface area (Å²) in [4.78, 5) is 17.5. The Morgan fingerprint density at radius 2 is 1.96 bits per heavy atom. The molecule has 1 aliphatic carbocycles. The van der Waals surface area contributed by atoms with Crippen molar-refractivity contribution in [1.82, 2.24) is 4.98 Å². The van der Waals surface area contributed by atoms with Crippen LogP contribution in [0.4, 0.5) is 4.39 Å². The molecule has 0 saturated carbocycles. The SMILES string of the molecule is N#CCOC(=O)c1c2c(nc3ccccc13)/C(=C/c1ccc(F)cc1)CCC2. The summed E-state index contributed by atoms with van der Waals surface area (Å²) in [5.74, 6) is -0.780. The Balaban J connectivity index is 1.90. The van der Waals surface area contributed by atoms with Gasteiger partial charge in [-0.15, -0.1) is 0 Å². The lowest BCUT2D eigenvalue weighted by Crippen LogP contribution is -2.15. The number of carbonyl (C=O) groups excluding carboxylic acids is 1. The highest BCUT2D eigenvalue weighted by atomic mass is 19.1. The van der Waals surface area contributed by atoms with Crippen LogP contribution >= 0.6 is 0 Å². The second-order valence-corrected chi connectivity index (χ2v) is 6.64. The number of carbonyl (C=O) groups is 1. The Bertz CT molecular complexity index is 1130. The molecule has 28 heavy (non-hydrogen) atoms. The second kappa shape index (κ2) is 7.61. The van der Waals surface area contributed by atoms with E-state index in [4.69, 9.17) is 15.0 Å². The van der Waals surface area contributed by atoms with Gasteiger partial charge >= 0.3 is 5.97 Å². The maximum absolute atomic E-state index is 13.2. The quantitative estimate of drug-likeness (QED) is 0.612. The van der Waals surface area contributed by atoms with E-state index >= 15 is 0 Å². The number of allylic oxidation sites excluding steroid dienone is 1. The highest BCUT2D eigenvalue weighted by Gasteiger charge is 2.25. The Labute approximate surface area is 161 Å². The largest absolute Gasteiger partial charge is 0.447 e. The van der Waals surface area contributed by atoms with E-state index in [1.54, 1.807) is 12.1 Å². The van der Waals surface area contributed by atoms with Gasteiger partial charge in [0.25, 0.3) is 0 Å². The first-order valence-corrected chi connectivity index (χ1v) is 9.09. The lowest BCUT2D eigenvalue weighted by atomic mass is 9.86. The highest BCUT2D eigenvalue weighted by Crippen LogP contribution is 2.36. The summed E-state index contributed by atoms with van der Waals surface area (Å²) in [6.45, 7) is -0.289. The van der Waals surface area contributed by atoms with Gasteiger partial charge in [0.05, 0.1) is 16.8 Å².